The standard InChI is InChI=1S/C10H10O2S2/c1-12-6-3-4-7-8(5-6)14-10(11)9(7)13-2/h3-5,11H,1-2H3. The number of fused-ring (bicyclic) bond motifs is 1. The Bertz CT molecular complexity index is 462. The smallest absolute Gasteiger partial charge is 0.186 e. The van der Waals surface area contributed by atoms with Crippen LogP contribution in [0.3, 0.4) is 0 Å². The molecule has 0 aliphatic carbocycles. The minimum atomic E-state index is 0.390. The van der Waals surface area contributed by atoms with Crippen LogP contribution in [0.15, 0.2) is 23.1 Å². The summed E-state index contributed by atoms with van der Waals surface area (Å²) < 4.78 is 6.18. The number of hydrogen-bond acceptors (Lipinski definition) is 4. The first kappa shape index (κ1) is 9.68. The molecule has 0 saturated heterocycles. The summed E-state index contributed by atoms with van der Waals surface area (Å²) in [6.07, 6.45) is 1.96. The van der Waals surface area contributed by atoms with Crippen molar-refractivity contribution in [2.24, 2.45) is 0 Å². The molecule has 0 aliphatic heterocycles. The quantitative estimate of drug-likeness (QED) is 0.796. The van der Waals surface area contributed by atoms with Crippen LogP contribution < -0.4 is 4.74 Å². The molecule has 2 nitrogen and oxygen atoms in total. The van der Waals surface area contributed by atoms with E-state index in [0.717, 1.165) is 20.7 Å². The summed E-state index contributed by atoms with van der Waals surface area (Å²) in [5.41, 5.74) is 0. The Hall–Kier alpha value is -0.870. The molecule has 74 valence electrons. The summed E-state index contributed by atoms with van der Waals surface area (Å²) in [6, 6.07) is 5.84. The predicted molar refractivity (Wildman–Crippen MR) is 61.8 cm³/mol. The van der Waals surface area contributed by atoms with Gasteiger partial charge in [0.05, 0.1) is 12.0 Å². The van der Waals surface area contributed by atoms with Gasteiger partial charge in [-0.05, 0) is 24.5 Å². The van der Waals surface area contributed by atoms with Gasteiger partial charge in [0.2, 0.25) is 0 Å². The number of ether oxygens (including phenoxy) is 1. The lowest BCUT2D eigenvalue weighted by atomic mass is 10.2. The molecule has 4 heteroatoms. The van der Waals surface area contributed by atoms with Crippen molar-refractivity contribution < 1.29 is 9.84 Å². The van der Waals surface area contributed by atoms with Crippen LogP contribution in [0, 0.1) is 0 Å². The van der Waals surface area contributed by atoms with Crippen molar-refractivity contribution in [3.05, 3.63) is 18.2 Å². The van der Waals surface area contributed by atoms with Crippen molar-refractivity contribution in [2.45, 2.75) is 4.90 Å². The van der Waals surface area contributed by atoms with Gasteiger partial charge in [0.1, 0.15) is 5.75 Å². The van der Waals surface area contributed by atoms with Gasteiger partial charge in [-0.2, -0.15) is 0 Å². The summed E-state index contributed by atoms with van der Waals surface area (Å²) in [6.45, 7) is 0. The van der Waals surface area contributed by atoms with E-state index in [1.54, 1.807) is 18.9 Å². The Morgan fingerprint density at radius 3 is 2.86 bits per heavy atom. The highest BCUT2D eigenvalue weighted by Crippen LogP contribution is 2.43. The second kappa shape index (κ2) is 3.71. The third-order valence-corrected chi connectivity index (χ3v) is 3.94. The zero-order valence-corrected chi connectivity index (χ0v) is 9.54. The first-order valence-corrected chi connectivity index (χ1v) is 6.14. The fourth-order valence-corrected chi connectivity index (χ4v) is 3.24. The van der Waals surface area contributed by atoms with E-state index in [-0.39, 0.29) is 0 Å². The summed E-state index contributed by atoms with van der Waals surface area (Å²) in [7, 11) is 1.64. The topological polar surface area (TPSA) is 29.5 Å². The molecule has 2 aromatic rings. The van der Waals surface area contributed by atoms with Crippen LogP contribution >= 0.6 is 23.1 Å². The van der Waals surface area contributed by atoms with Crippen LogP contribution in [-0.4, -0.2) is 18.5 Å². The molecular weight excluding hydrogens is 216 g/mol. The van der Waals surface area contributed by atoms with E-state index in [1.807, 2.05) is 24.5 Å². The highest BCUT2D eigenvalue weighted by atomic mass is 32.2. The summed E-state index contributed by atoms with van der Waals surface area (Å²) in [5.74, 6) is 0.825. The zero-order chi connectivity index (χ0) is 10.1. The molecule has 0 amide bonds. The highest BCUT2D eigenvalue weighted by Gasteiger charge is 2.10. The first-order valence-electron chi connectivity index (χ1n) is 4.09. The lowest BCUT2D eigenvalue weighted by Gasteiger charge is -1.98. The average molecular weight is 226 g/mol. The molecule has 0 radical (unpaired) electrons. The van der Waals surface area contributed by atoms with Crippen LogP contribution in [-0.2, 0) is 0 Å². The van der Waals surface area contributed by atoms with Crippen LogP contribution in [0.1, 0.15) is 0 Å². The molecule has 2 rings (SSSR count). The molecule has 0 unspecified atom stereocenters. The molecule has 0 fully saturated rings. The highest BCUT2D eigenvalue weighted by molar-refractivity contribution is 7.99. The third kappa shape index (κ3) is 1.44. The molecule has 0 aliphatic rings. The van der Waals surface area contributed by atoms with E-state index >= 15 is 0 Å². The Morgan fingerprint density at radius 1 is 1.43 bits per heavy atom. The lowest BCUT2D eigenvalue weighted by molar-refractivity contribution is 0.415. The number of methoxy groups -OCH3 is 1. The molecule has 0 spiro atoms. The number of aromatic hydroxyl groups is 1. The number of benzene rings is 1. The third-order valence-electron chi connectivity index (χ3n) is 2.04. The van der Waals surface area contributed by atoms with Crippen LogP contribution in [0.5, 0.6) is 10.8 Å². The molecule has 1 aromatic carbocycles. The van der Waals surface area contributed by atoms with Crippen molar-refractivity contribution in [2.75, 3.05) is 13.4 Å². The normalized spacial score (nSPS) is 10.7. The Morgan fingerprint density at radius 2 is 2.21 bits per heavy atom. The largest absolute Gasteiger partial charge is 0.499 e. The molecular formula is C10H10O2S2. The van der Waals surface area contributed by atoms with Crippen LogP contribution in [0.25, 0.3) is 10.1 Å². The summed E-state index contributed by atoms with van der Waals surface area (Å²) >= 11 is 2.95. The average Bonchev–Trinajstić information content (AvgIpc) is 2.51. The zero-order valence-electron chi connectivity index (χ0n) is 7.90. The van der Waals surface area contributed by atoms with E-state index < -0.39 is 0 Å². The summed E-state index contributed by atoms with van der Waals surface area (Å²) in [4.78, 5) is 0.952. The molecule has 1 N–H and O–H groups in total. The minimum Gasteiger partial charge on any atom is -0.499 e. The van der Waals surface area contributed by atoms with Crippen molar-refractivity contribution in [1.29, 1.82) is 0 Å². The van der Waals surface area contributed by atoms with Gasteiger partial charge in [0.25, 0.3) is 0 Å². The van der Waals surface area contributed by atoms with Gasteiger partial charge in [-0.15, -0.1) is 11.8 Å². The second-order valence-electron chi connectivity index (χ2n) is 2.80. The van der Waals surface area contributed by atoms with Gasteiger partial charge in [0, 0.05) is 10.1 Å². The van der Waals surface area contributed by atoms with Crippen molar-refractivity contribution >= 4 is 33.2 Å². The van der Waals surface area contributed by atoms with Gasteiger partial charge < -0.3 is 9.84 Å². The second-order valence-corrected chi connectivity index (χ2v) is 4.65. The van der Waals surface area contributed by atoms with Gasteiger partial charge in [-0.25, -0.2) is 0 Å². The summed E-state index contributed by atoms with van der Waals surface area (Å²) in [5, 5.41) is 11.1. The van der Waals surface area contributed by atoms with Gasteiger partial charge in [0.15, 0.2) is 5.06 Å². The molecule has 0 bridgehead atoms. The molecule has 14 heavy (non-hydrogen) atoms. The predicted octanol–water partition coefficient (Wildman–Crippen LogP) is 3.34. The maximum absolute atomic E-state index is 9.65. The van der Waals surface area contributed by atoms with Gasteiger partial charge in [-0.1, -0.05) is 11.3 Å². The number of rotatable bonds is 2. The van der Waals surface area contributed by atoms with Crippen molar-refractivity contribution in [1.82, 2.24) is 0 Å². The molecule has 1 aromatic heterocycles. The van der Waals surface area contributed by atoms with E-state index in [1.165, 1.54) is 11.3 Å². The maximum atomic E-state index is 9.65. The van der Waals surface area contributed by atoms with Crippen molar-refractivity contribution in [3.8, 4) is 10.8 Å². The molecule has 0 atom stereocenters. The lowest BCUT2D eigenvalue weighted by Crippen LogP contribution is -1.80. The fraction of sp³-hybridized carbons (Fsp3) is 0.200. The SMILES string of the molecule is COc1ccc2c(SC)c(O)sc2c1. The maximum Gasteiger partial charge on any atom is 0.186 e. The monoisotopic (exact) mass is 226 g/mol. The van der Waals surface area contributed by atoms with Gasteiger partial charge >= 0.3 is 0 Å². The van der Waals surface area contributed by atoms with Crippen LogP contribution in [0.4, 0.5) is 0 Å². The Labute approximate surface area is 90.5 Å². The number of thioether (sulfide) groups is 1. The van der Waals surface area contributed by atoms with E-state index in [9.17, 15) is 5.11 Å². The van der Waals surface area contributed by atoms with E-state index in [4.69, 9.17) is 4.74 Å². The Kier molecular flexibility index (Phi) is 2.56. The minimum absolute atomic E-state index is 0.390. The van der Waals surface area contributed by atoms with Gasteiger partial charge in [-0.3, -0.25) is 0 Å². The Balaban J connectivity index is 2.68. The number of hydrogen-bond donors (Lipinski definition) is 1. The number of thiophene rings is 1. The first-order chi connectivity index (χ1) is 6.76. The molecule has 1 heterocycles. The molecule has 0 saturated carbocycles. The van der Waals surface area contributed by atoms with Crippen molar-refractivity contribution in [3.63, 3.8) is 0 Å². The van der Waals surface area contributed by atoms with E-state index in [2.05, 4.69) is 0 Å². The fourth-order valence-electron chi connectivity index (χ4n) is 1.36. The van der Waals surface area contributed by atoms with E-state index in [0.29, 0.717) is 5.06 Å². The van der Waals surface area contributed by atoms with Crippen LogP contribution in [0.2, 0.25) is 0 Å².